The molecule has 1 heterocycles. The molecule has 1 aliphatic rings. The van der Waals surface area contributed by atoms with Gasteiger partial charge in [-0.2, -0.15) is 0 Å². The van der Waals surface area contributed by atoms with Crippen LogP contribution in [0.15, 0.2) is 0 Å². The largest absolute Gasteiger partial charge is 0.460 e. The summed E-state index contributed by atoms with van der Waals surface area (Å²) in [6.07, 6.45) is 0.127. The van der Waals surface area contributed by atoms with Crippen LogP contribution in [0, 0.1) is 5.92 Å². The van der Waals surface area contributed by atoms with E-state index in [9.17, 15) is 4.79 Å². The van der Waals surface area contributed by atoms with Crippen LogP contribution in [0.3, 0.4) is 0 Å². The number of hydrogen-bond donors (Lipinski definition) is 0. The zero-order valence-electron chi connectivity index (χ0n) is 4.56. The Morgan fingerprint density at radius 3 is 2.62 bits per heavy atom. The van der Waals surface area contributed by atoms with Gasteiger partial charge in [-0.05, 0) is 6.92 Å². The van der Waals surface area contributed by atoms with Gasteiger partial charge in [-0.25, -0.2) is 0 Å². The highest BCUT2D eigenvalue weighted by Crippen LogP contribution is 2.22. The van der Waals surface area contributed by atoms with Crippen LogP contribution in [0.25, 0.3) is 0 Å². The molecule has 0 spiro atoms. The van der Waals surface area contributed by atoms with Crippen LogP contribution < -0.4 is 0 Å². The molecule has 0 bridgehead atoms. The molecule has 0 amide bonds. The van der Waals surface area contributed by atoms with Crippen LogP contribution in [0.4, 0.5) is 0 Å². The lowest BCUT2D eigenvalue weighted by molar-refractivity contribution is -0.179. The van der Waals surface area contributed by atoms with Gasteiger partial charge in [0.15, 0.2) is 0 Å². The Morgan fingerprint density at radius 1 is 1.88 bits per heavy atom. The van der Waals surface area contributed by atoms with Crippen molar-refractivity contribution in [3.63, 3.8) is 0 Å². The summed E-state index contributed by atoms with van der Waals surface area (Å²) in [6, 6.07) is 0. The van der Waals surface area contributed by atoms with Gasteiger partial charge in [0.25, 0.3) is 0 Å². The van der Waals surface area contributed by atoms with E-state index in [1.165, 1.54) is 0 Å². The molecule has 8 heavy (non-hydrogen) atoms. The van der Waals surface area contributed by atoms with E-state index in [4.69, 9.17) is 4.74 Å². The minimum atomic E-state index is -0.0746. The highest BCUT2D eigenvalue weighted by molar-refractivity contribution is 9.09. The van der Waals surface area contributed by atoms with Gasteiger partial charge in [-0.3, -0.25) is 4.79 Å². The summed E-state index contributed by atoms with van der Waals surface area (Å²) in [4.78, 5) is 10.4. The monoisotopic (exact) mass is 178 g/mol. The van der Waals surface area contributed by atoms with E-state index < -0.39 is 0 Å². The van der Waals surface area contributed by atoms with Crippen molar-refractivity contribution in [2.45, 2.75) is 13.0 Å². The van der Waals surface area contributed by atoms with Crippen molar-refractivity contribution < 1.29 is 9.53 Å². The normalized spacial score (nSPS) is 36.0. The first-order valence-electron chi connectivity index (χ1n) is 2.52. The summed E-state index contributed by atoms with van der Waals surface area (Å²) in [5, 5.41) is 0.764. The Balaban J connectivity index is 2.35. The fourth-order valence-electron chi connectivity index (χ4n) is 0.603. The standard InChI is InChI=1S/C5H7BrO2/c1-3-4(2-6)8-5(3)7/h3-4H,2H2,1H3/t3-,4-/m0/s1. The molecule has 0 radical (unpaired) electrons. The lowest BCUT2D eigenvalue weighted by Gasteiger charge is -2.30. The molecule has 3 heteroatoms. The molecule has 0 aromatic rings. The van der Waals surface area contributed by atoms with Crippen LogP contribution in [0.2, 0.25) is 0 Å². The zero-order chi connectivity index (χ0) is 6.15. The number of hydrogen-bond acceptors (Lipinski definition) is 2. The van der Waals surface area contributed by atoms with E-state index >= 15 is 0 Å². The summed E-state index contributed by atoms with van der Waals surface area (Å²) in [7, 11) is 0. The maximum absolute atomic E-state index is 10.4. The number of cyclic esters (lactones) is 1. The van der Waals surface area contributed by atoms with E-state index in [1.54, 1.807) is 0 Å². The van der Waals surface area contributed by atoms with E-state index in [0.717, 1.165) is 5.33 Å². The van der Waals surface area contributed by atoms with Gasteiger partial charge in [0, 0.05) is 5.33 Å². The number of alkyl halides is 1. The van der Waals surface area contributed by atoms with Crippen LogP contribution >= 0.6 is 15.9 Å². The van der Waals surface area contributed by atoms with Crippen molar-refractivity contribution in [3.05, 3.63) is 0 Å². The topological polar surface area (TPSA) is 26.3 Å². The van der Waals surface area contributed by atoms with Gasteiger partial charge in [0.1, 0.15) is 6.10 Å². The van der Waals surface area contributed by atoms with Gasteiger partial charge in [-0.15, -0.1) is 0 Å². The van der Waals surface area contributed by atoms with E-state index in [0.29, 0.717) is 0 Å². The molecule has 0 saturated carbocycles. The second kappa shape index (κ2) is 2.05. The molecule has 2 atom stereocenters. The Hall–Kier alpha value is -0.0500. The van der Waals surface area contributed by atoms with Crippen LogP contribution in [-0.2, 0) is 9.53 Å². The average Bonchev–Trinajstić information content (AvgIpc) is 1.81. The summed E-state index contributed by atoms with van der Waals surface area (Å²) >= 11 is 3.22. The molecule has 1 rings (SSSR count). The quantitative estimate of drug-likeness (QED) is 0.442. The SMILES string of the molecule is C[C@@H]1C(=O)O[C@H]1CBr. The van der Waals surface area contributed by atoms with Crippen molar-refractivity contribution in [2.75, 3.05) is 5.33 Å². The summed E-state index contributed by atoms with van der Waals surface area (Å²) in [5.74, 6) is 0.0313. The highest BCUT2D eigenvalue weighted by Gasteiger charge is 2.37. The number of rotatable bonds is 1. The van der Waals surface area contributed by atoms with Crippen molar-refractivity contribution in [1.82, 2.24) is 0 Å². The molecule has 0 unspecified atom stereocenters. The van der Waals surface area contributed by atoms with Gasteiger partial charge in [0.2, 0.25) is 0 Å². The minimum absolute atomic E-state index is 0.0746. The van der Waals surface area contributed by atoms with Gasteiger partial charge < -0.3 is 4.74 Å². The maximum atomic E-state index is 10.4. The zero-order valence-corrected chi connectivity index (χ0v) is 6.14. The Bertz CT molecular complexity index is 113. The third-order valence-corrected chi connectivity index (χ3v) is 1.99. The highest BCUT2D eigenvalue weighted by atomic mass is 79.9. The molecular weight excluding hydrogens is 172 g/mol. The Morgan fingerprint density at radius 2 is 2.50 bits per heavy atom. The third-order valence-electron chi connectivity index (χ3n) is 1.35. The second-order valence-electron chi connectivity index (χ2n) is 1.92. The number of carbonyl (C=O) groups excluding carboxylic acids is 1. The maximum Gasteiger partial charge on any atom is 0.312 e. The van der Waals surface area contributed by atoms with Crippen molar-refractivity contribution in [3.8, 4) is 0 Å². The second-order valence-corrected chi connectivity index (χ2v) is 2.57. The van der Waals surface area contributed by atoms with Gasteiger partial charge >= 0.3 is 5.97 Å². The lowest BCUT2D eigenvalue weighted by atomic mass is 10.0. The summed E-state index contributed by atoms with van der Waals surface area (Å²) in [5.41, 5.74) is 0. The van der Waals surface area contributed by atoms with E-state index in [-0.39, 0.29) is 18.0 Å². The predicted molar refractivity (Wildman–Crippen MR) is 32.8 cm³/mol. The minimum Gasteiger partial charge on any atom is -0.460 e. The molecule has 0 aromatic heterocycles. The first kappa shape index (κ1) is 6.08. The van der Waals surface area contributed by atoms with Crippen LogP contribution in [0.1, 0.15) is 6.92 Å². The molecule has 0 aliphatic carbocycles. The number of esters is 1. The van der Waals surface area contributed by atoms with Crippen molar-refractivity contribution >= 4 is 21.9 Å². The number of ether oxygens (including phenoxy) is 1. The van der Waals surface area contributed by atoms with Crippen molar-refractivity contribution in [1.29, 1.82) is 0 Å². The Labute approximate surface area is 56.3 Å². The van der Waals surface area contributed by atoms with Gasteiger partial charge in [-0.1, -0.05) is 15.9 Å². The fourth-order valence-corrected chi connectivity index (χ4v) is 1.30. The lowest BCUT2D eigenvalue weighted by Crippen LogP contribution is -2.44. The van der Waals surface area contributed by atoms with Crippen molar-refractivity contribution in [2.24, 2.45) is 5.92 Å². The smallest absolute Gasteiger partial charge is 0.312 e. The number of halogens is 1. The van der Waals surface area contributed by atoms with Gasteiger partial charge in [0.05, 0.1) is 5.92 Å². The first-order valence-corrected chi connectivity index (χ1v) is 3.64. The molecular formula is C5H7BrO2. The summed E-state index contributed by atoms with van der Waals surface area (Å²) in [6.45, 7) is 1.87. The fraction of sp³-hybridized carbons (Fsp3) is 0.800. The molecule has 1 saturated heterocycles. The molecule has 0 aromatic carbocycles. The van der Waals surface area contributed by atoms with E-state index in [1.807, 2.05) is 6.92 Å². The molecule has 0 N–H and O–H groups in total. The third kappa shape index (κ3) is 0.749. The molecule has 46 valence electrons. The molecule has 2 nitrogen and oxygen atoms in total. The van der Waals surface area contributed by atoms with Crippen LogP contribution in [-0.4, -0.2) is 17.4 Å². The predicted octanol–water partition coefficient (Wildman–Crippen LogP) is 0.943. The molecule has 1 aliphatic heterocycles. The average molecular weight is 179 g/mol. The molecule has 1 fully saturated rings. The first-order chi connectivity index (χ1) is 3.75. The van der Waals surface area contributed by atoms with E-state index in [2.05, 4.69) is 15.9 Å². The summed E-state index contributed by atoms with van der Waals surface area (Å²) < 4.78 is 4.71. The Kier molecular flexibility index (Phi) is 1.56. The number of carbonyl (C=O) groups is 1. The van der Waals surface area contributed by atoms with Crippen LogP contribution in [0.5, 0.6) is 0 Å².